The zero-order valence-electron chi connectivity index (χ0n) is 12.6. The molecule has 2 aliphatic heterocycles. The van der Waals surface area contributed by atoms with Gasteiger partial charge in [0.15, 0.2) is 0 Å². The molecule has 2 fully saturated rings. The number of hydrogen-bond acceptors (Lipinski definition) is 3. The quantitative estimate of drug-likeness (QED) is 0.858. The monoisotopic (exact) mass is 289 g/mol. The van der Waals surface area contributed by atoms with Gasteiger partial charge in [-0.2, -0.15) is 0 Å². The lowest BCUT2D eigenvalue weighted by Gasteiger charge is -2.33. The summed E-state index contributed by atoms with van der Waals surface area (Å²) >= 11 is 0. The first-order valence-electron chi connectivity index (χ1n) is 7.86. The Morgan fingerprint density at radius 3 is 2.52 bits per heavy atom. The first kappa shape index (κ1) is 14.4. The lowest BCUT2D eigenvalue weighted by molar-refractivity contribution is -0.142. The van der Waals surface area contributed by atoms with Crippen LogP contribution in [0, 0.1) is 6.92 Å². The lowest BCUT2D eigenvalue weighted by Crippen LogP contribution is -2.45. The Labute approximate surface area is 126 Å². The predicted octanol–water partition coefficient (Wildman–Crippen LogP) is 2.54. The molecule has 2 saturated heterocycles. The van der Waals surface area contributed by atoms with Crippen molar-refractivity contribution < 1.29 is 14.3 Å². The number of carbonyl (C=O) groups excluding carboxylic acids is 1. The number of nitrogens with zero attached hydrogens (tertiary/aromatic N) is 1. The fourth-order valence-electron chi connectivity index (χ4n) is 2.98. The average molecular weight is 289 g/mol. The molecule has 0 aromatic heterocycles. The van der Waals surface area contributed by atoms with Gasteiger partial charge in [0.2, 0.25) is 0 Å². The van der Waals surface area contributed by atoms with Crippen molar-refractivity contribution in [3.05, 3.63) is 29.8 Å². The van der Waals surface area contributed by atoms with E-state index in [1.807, 2.05) is 17.0 Å². The van der Waals surface area contributed by atoms with E-state index in [0.29, 0.717) is 0 Å². The molecule has 0 N–H and O–H groups in total. The second kappa shape index (κ2) is 6.48. The largest absolute Gasteiger partial charge is 0.490 e. The Morgan fingerprint density at radius 1 is 1.19 bits per heavy atom. The van der Waals surface area contributed by atoms with E-state index in [1.54, 1.807) is 0 Å². The number of benzene rings is 1. The molecule has 0 saturated carbocycles. The van der Waals surface area contributed by atoms with Gasteiger partial charge >= 0.3 is 0 Å². The van der Waals surface area contributed by atoms with Gasteiger partial charge in [0.1, 0.15) is 18.0 Å². The van der Waals surface area contributed by atoms with Gasteiger partial charge in [0.05, 0.1) is 0 Å². The van der Waals surface area contributed by atoms with Crippen LogP contribution in [-0.4, -0.2) is 42.7 Å². The molecule has 114 valence electrons. The number of ether oxygens (including phenoxy) is 2. The van der Waals surface area contributed by atoms with Crippen molar-refractivity contribution in [1.82, 2.24) is 4.90 Å². The first-order valence-corrected chi connectivity index (χ1v) is 7.86. The average Bonchev–Trinajstić information content (AvgIpc) is 3.04. The molecule has 1 atom stereocenters. The molecule has 2 heterocycles. The highest BCUT2D eigenvalue weighted by atomic mass is 16.5. The summed E-state index contributed by atoms with van der Waals surface area (Å²) in [5, 5.41) is 0. The van der Waals surface area contributed by atoms with Gasteiger partial charge in [0.25, 0.3) is 5.91 Å². The Bertz CT molecular complexity index is 471. The van der Waals surface area contributed by atoms with Gasteiger partial charge in [-0.1, -0.05) is 17.7 Å². The summed E-state index contributed by atoms with van der Waals surface area (Å²) in [6, 6.07) is 8.15. The van der Waals surface area contributed by atoms with Crippen LogP contribution in [0.2, 0.25) is 0 Å². The van der Waals surface area contributed by atoms with Gasteiger partial charge in [-0.3, -0.25) is 4.79 Å². The fourth-order valence-corrected chi connectivity index (χ4v) is 2.98. The van der Waals surface area contributed by atoms with Gasteiger partial charge in [0, 0.05) is 32.5 Å². The zero-order chi connectivity index (χ0) is 14.7. The standard InChI is InChI=1S/C17H23NO3/c1-13-4-6-14(7-5-13)21-15-8-10-18(11-9-15)17(19)16-3-2-12-20-16/h4-7,15-16H,2-3,8-12H2,1H3. The van der Waals surface area contributed by atoms with Crippen molar-refractivity contribution in [3.8, 4) is 5.75 Å². The van der Waals surface area contributed by atoms with E-state index in [2.05, 4.69) is 19.1 Å². The van der Waals surface area contributed by atoms with Gasteiger partial charge < -0.3 is 14.4 Å². The number of rotatable bonds is 3. The fraction of sp³-hybridized carbons (Fsp3) is 0.588. The summed E-state index contributed by atoms with van der Waals surface area (Å²) < 4.78 is 11.5. The molecule has 1 amide bonds. The summed E-state index contributed by atoms with van der Waals surface area (Å²) in [5.41, 5.74) is 1.24. The minimum Gasteiger partial charge on any atom is -0.490 e. The van der Waals surface area contributed by atoms with Gasteiger partial charge in [-0.25, -0.2) is 0 Å². The molecule has 3 rings (SSSR count). The lowest BCUT2D eigenvalue weighted by atomic mass is 10.1. The van der Waals surface area contributed by atoms with E-state index in [1.165, 1.54) is 5.56 Å². The Kier molecular flexibility index (Phi) is 4.44. The second-order valence-electron chi connectivity index (χ2n) is 5.96. The van der Waals surface area contributed by atoms with Crippen LogP contribution in [0.4, 0.5) is 0 Å². The molecular weight excluding hydrogens is 266 g/mol. The van der Waals surface area contributed by atoms with Crippen LogP contribution >= 0.6 is 0 Å². The van der Waals surface area contributed by atoms with Crippen LogP contribution < -0.4 is 4.74 Å². The minimum absolute atomic E-state index is 0.168. The Hall–Kier alpha value is -1.55. The molecule has 0 radical (unpaired) electrons. The summed E-state index contributed by atoms with van der Waals surface area (Å²) in [7, 11) is 0. The molecule has 1 unspecified atom stereocenters. The highest BCUT2D eigenvalue weighted by molar-refractivity contribution is 5.81. The maximum absolute atomic E-state index is 12.3. The van der Waals surface area contributed by atoms with Crippen LogP contribution in [0.1, 0.15) is 31.2 Å². The SMILES string of the molecule is Cc1ccc(OC2CCN(C(=O)C3CCCO3)CC2)cc1. The maximum atomic E-state index is 12.3. The Balaban J connectivity index is 1.48. The Morgan fingerprint density at radius 2 is 1.90 bits per heavy atom. The van der Waals surface area contributed by atoms with E-state index in [-0.39, 0.29) is 18.1 Å². The molecule has 0 spiro atoms. The number of carbonyl (C=O) groups is 1. The first-order chi connectivity index (χ1) is 10.2. The molecular formula is C17H23NO3. The molecule has 4 nitrogen and oxygen atoms in total. The smallest absolute Gasteiger partial charge is 0.251 e. The normalized spacial score (nSPS) is 23.3. The predicted molar refractivity (Wildman–Crippen MR) is 80.4 cm³/mol. The second-order valence-corrected chi connectivity index (χ2v) is 5.96. The highest BCUT2D eigenvalue weighted by Gasteiger charge is 2.31. The summed E-state index contributed by atoms with van der Waals surface area (Å²) in [4.78, 5) is 14.2. The van der Waals surface area contributed by atoms with Gasteiger partial charge in [-0.15, -0.1) is 0 Å². The molecule has 0 aliphatic carbocycles. The third kappa shape index (κ3) is 3.56. The van der Waals surface area contributed by atoms with Gasteiger partial charge in [-0.05, 0) is 31.9 Å². The molecule has 21 heavy (non-hydrogen) atoms. The number of piperidine rings is 1. The molecule has 0 bridgehead atoms. The third-order valence-corrected chi connectivity index (χ3v) is 4.28. The summed E-state index contributed by atoms with van der Waals surface area (Å²) in [6.07, 6.45) is 3.68. The molecule has 2 aliphatic rings. The molecule has 4 heteroatoms. The number of likely N-dealkylation sites (tertiary alicyclic amines) is 1. The number of aryl methyl sites for hydroxylation is 1. The third-order valence-electron chi connectivity index (χ3n) is 4.28. The van der Waals surface area contributed by atoms with Crippen molar-refractivity contribution in [2.45, 2.75) is 44.8 Å². The van der Waals surface area contributed by atoms with Crippen molar-refractivity contribution in [1.29, 1.82) is 0 Å². The van der Waals surface area contributed by atoms with Crippen LogP contribution in [0.5, 0.6) is 5.75 Å². The van der Waals surface area contributed by atoms with E-state index in [9.17, 15) is 4.79 Å². The molecule has 1 aromatic carbocycles. The number of hydrogen-bond donors (Lipinski definition) is 0. The minimum atomic E-state index is -0.195. The maximum Gasteiger partial charge on any atom is 0.251 e. The van der Waals surface area contributed by atoms with E-state index in [4.69, 9.17) is 9.47 Å². The van der Waals surface area contributed by atoms with Crippen LogP contribution in [0.3, 0.4) is 0 Å². The van der Waals surface area contributed by atoms with Crippen molar-refractivity contribution in [2.75, 3.05) is 19.7 Å². The summed E-state index contributed by atoms with van der Waals surface area (Å²) in [5.74, 6) is 1.09. The van der Waals surface area contributed by atoms with Crippen molar-refractivity contribution in [2.24, 2.45) is 0 Å². The number of amides is 1. The van der Waals surface area contributed by atoms with E-state index < -0.39 is 0 Å². The molecule has 1 aromatic rings. The van der Waals surface area contributed by atoms with Crippen molar-refractivity contribution >= 4 is 5.91 Å². The highest BCUT2D eigenvalue weighted by Crippen LogP contribution is 2.22. The topological polar surface area (TPSA) is 38.8 Å². The van der Waals surface area contributed by atoms with Crippen LogP contribution in [-0.2, 0) is 9.53 Å². The van der Waals surface area contributed by atoms with Crippen LogP contribution in [0.25, 0.3) is 0 Å². The van der Waals surface area contributed by atoms with E-state index >= 15 is 0 Å². The van der Waals surface area contributed by atoms with Crippen LogP contribution in [0.15, 0.2) is 24.3 Å². The zero-order valence-corrected chi connectivity index (χ0v) is 12.6. The summed E-state index contributed by atoms with van der Waals surface area (Å²) in [6.45, 7) is 4.34. The van der Waals surface area contributed by atoms with Crippen molar-refractivity contribution in [3.63, 3.8) is 0 Å². The van der Waals surface area contributed by atoms with E-state index in [0.717, 1.165) is 51.1 Å².